The first-order valence-electron chi connectivity index (χ1n) is 12.5. The second-order valence-electron chi connectivity index (χ2n) is 9.34. The van der Waals surface area contributed by atoms with Crippen LogP contribution in [0.3, 0.4) is 0 Å². The van der Waals surface area contributed by atoms with Crippen molar-refractivity contribution in [1.29, 1.82) is 0 Å². The number of benzene rings is 1. The van der Waals surface area contributed by atoms with Crippen molar-refractivity contribution >= 4 is 17.8 Å². The number of esters is 1. The first-order valence-corrected chi connectivity index (χ1v) is 12.5. The summed E-state index contributed by atoms with van der Waals surface area (Å²) in [7, 11) is 4.79. The second-order valence-corrected chi connectivity index (χ2v) is 9.34. The average molecular weight is 506 g/mol. The van der Waals surface area contributed by atoms with Crippen LogP contribution in [-0.4, -0.2) is 75.2 Å². The molecule has 0 heterocycles. The zero-order valence-electron chi connectivity index (χ0n) is 23.8. The largest absolute Gasteiger partial charge is 0.463 e. The summed E-state index contributed by atoms with van der Waals surface area (Å²) in [6, 6.07) is 9.35. The molecule has 8 heteroatoms. The zero-order chi connectivity index (χ0) is 27.8. The van der Waals surface area contributed by atoms with Crippen LogP contribution in [0, 0.1) is 5.92 Å². The topological polar surface area (TPSA) is 97.0 Å². The van der Waals surface area contributed by atoms with Crippen molar-refractivity contribution in [3.63, 3.8) is 0 Å². The number of amides is 2. The first kappa shape index (κ1) is 33.3. The number of hydrogen-bond acceptors (Lipinski definition) is 6. The number of methoxy groups -OCH3 is 1. The van der Waals surface area contributed by atoms with E-state index in [4.69, 9.17) is 9.47 Å². The standard InChI is InChI=1S/C19H35N3O5.C9H12/c1-9-27-19(25)13(4)10-15(12(2)3)22(7)18(24)17(14(5)26-8)21-16(23)11-20-6;1-8(2)9-6-4-3-5-7-9/h10,12,14-15,17,20H,9,11H2,1-8H3,(H,21,23);3-8H,1-2H3/b13-10+;. The van der Waals surface area contributed by atoms with Gasteiger partial charge in [0.15, 0.2) is 0 Å². The highest BCUT2D eigenvalue weighted by Crippen LogP contribution is 2.16. The van der Waals surface area contributed by atoms with Crippen molar-refractivity contribution in [1.82, 2.24) is 15.5 Å². The molecule has 0 aliphatic carbocycles. The average Bonchev–Trinajstić information content (AvgIpc) is 2.85. The molecule has 2 amide bonds. The minimum atomic E-state index is -0.835. The van der Waals surface area contributed by atoms with Gasteiger partial charge in [-0.15, -0.1) is 0 Å². The lowest BCUT2D eigenvalue weighted by Crippen LogP contribution is -2.56. The van der Waals surface area contributed by atoms with Crippen molar-refractivity contribution in [2.75, 3.05) is 34.4 Å². The number of likely N-dealkylation sites (N-methyl/N-ethyl adjacent to an activating group) is 2. The van der Waals surface area contributed by atoms with Crippen LogP contribution in [0.4, 0.5) is 0 Å². The molecule has 0 saturated carbocycles. The van der Waals surface area contributed by atoms with Crippen LogP contribution in [0.1, 0.15) is 59.9 Å². The summed E-state index contributed by atoms with van der Waals surface area (Å²) < 4.78 is 10.3. The lowest BCUT2D eigenvalue weighted by atomic mass is 9.98. The van der Waals surface area contributed by atoms with Gasteiger partial charge in [-0.25, -0.2) is 4.79 Å². The highest BCUT2D eigenvalue weighted by atomic mass is 16.5. The quantitative estimate of drug-likeness (QED) is 0.333. The number of carbonyl (C=O) groups excluding carboxylic acids is 3. The van der Waals surface area contributed by atoms with Crippen LogP contribution >= 0.6 is 0 Å². The molecule has 0 aliphatic heterocycles. The molecule has 0 saturated heterocycles. The van der Waals surface area contributed by atoms with E-state index in [1.807, 2.05) is 19.9 Å². The van der Waals surface area contributed by atoms with Gasteiger partial charge in [0.2, 0.25) is 11.8 Å². The fourth-order valence-corrected chi connectivity index (χ4v) is 3.43. The van der Waals surface area contributed by atoms with E-state index in [0.29, 0.717) is 11.5 Å². The Morgan fingerprint density at radius 1 is 1.06 bits per heavy atom. The predicted octanol–water partition coefficient (Wildman–Crippen LogP) is 3.53. The minimum absolute atomic E-state index is 0.0508. The van der Waals surface area contributed by atoms with Crippen molar-refractivity contribution in [2.24, 2.45) is 5.92 Å². The van der Waals surface area contributed by atoms with E-state index in [-0.39, 0.29) is 36.9 Å². The molecule has 1 aromatic carbocycles. The third-order valence-corrected chi connectivity index (χ3v) is 5.72. The fourth-order valence-electron chi connectivity index (χ4n) is 3.43. The van der Waals surface area contributed by atoms with E-state index in [0.717, 1.165) is 0 Å². The van der Waals surface area contributed by atoms with Crippen LogP contribution in [0.25, 0.3) is 0 Å². The minimum Gasteiger partial charge on any atom is -0.463 e. The van der Waals surface area contributed by atoms with Gasteiger partial charge in [0.05, 0.1) is 25.3 Å². The van der Waals surface area contributed by atoms with Crippen molar-refractivity contribution < 1.29 is 23.9 Å². The maximum atomic E-state index is 13.1. The number of carbonyl (C=O) groups is 3. The first-order chi connectivity index (χ1) is 16.9. The number of hydrogen-bond donors (Lipinski definition) is 2. The van der Waals surface area contributed by atoms with Gasteiger partial charge in [0, 0.05) is 19.7 Å². The van der Waals surface area contributed by atoms with E-state index < -0.39 is 18.1 Å². The molecule has 0 aromatic heterocycles. The van der Waals surface area contributed by atoms with Crippen LogP contribution in [0.5, 0.6) is 0 Å². The molecular formula is C28H47N3O5. The molecule has 204 valence electrons. The Morgan fingerprint density at radius 2 is 1.64 bits per heavy atom. The second kappa shape index (κ2) is 17.7. The summed E-state index contributed by atoms with van der Waals surface area (Å²) in [5.41, 5.74) is 1.85. The van der Waals surface area contributed by atoms with Gasteiger partial charge in [0.25, 0.3) is 0 Å². The Bertz CT molecular complexity index is 824. The fraction of sp³-hybridized carbons (Fsp3) is 0.607. The predicted molar refractivity (Wildman–Crippen MR) is 145 cm³/mol. The third-order valence-electron chi connectivity index (χ3n) is 5.72. The van der Waals surface area contributed by atoms with E-state index in [1.165, 1.54) is 17.6 Å². The van der Waals surface area contributed by atoms with Gasteiger partial charge in [-0.05, 0) is 45.2 Å². The normalized spacial score (nSPS) is 13.8. The Balaban J connectivity index is 0.00000113. The molecule has 2 N–H and O–H groups in total. The van der Waals surface area contributed by atoms with Gasteiger partial charge in [-0.1, -0.05) is 64.1 Å². The Kier molecular flexibility index (Phi) is 16.3. The van der Waals surface area contributed by atoms with E-state index >= 15 is 0 Å². The summed E-state index contributed by atoms with van der Waals surface area (Å²) in [5.74, 6) is -0.290. The van der Waals surface area contributed by atoms with E-state index in [2.05, 4.69) is 48.7 Å². The molecule has 0 spiro atoms. The van der Waals surface area contributed by atoms with Crippen LogP contribution < -0.4 is 10.6 Å². The van der Waals surface area contributed by atoms with E-state index in [1.54, 1.807) is 40.9 Å². The van der Waals surface area contributed by atoms with Crippen molar-refractivity contribution in [3.05, 3.63) is 47.5 Å². The smallest absolute Gasteiger partial charge is 0.333 e. The number of rotatable bonds is 12. The SMILES string of the molecule is CC(C)c1ccccc1.CCOC(=O)/C(C)=C/C(C(C)C)N(C)C(=O)C(NC(=O)CNC)C(C)OC. The molecular weight excluding hydrogens is 458 g/mol. The van der Waals surface area contributed by atoms with Crippen molar-refractivity contribution in [2.45, 2.75) is 72.6 Å². The molecule has 1 rings (SSSR count). The zero-order valence-corrected chi connectivity index (χ0v) is 23.8. The van der Waals surface area contributed by atoms with Gasteiger partial charge in [-0.2, -0.15) is 0 Å². The van der Waals surface area contributed by atoms with E-state index in [9.17, 15) is 14.4 Å². The molecule has 1 aromatic rings. The molecule has 0 radical (unpaired) electrons. The molecule has 3 atom stereocenters. The maximum absolute atomic E-state index is 13.1. The Hall–Kier alpha value is -2.71. The number of ether oxygens (including phenoxy) is 2. The molecule has 3 unspecified atom stereocenters. The molecule has 0 aliphatic rings. The highest BCUT2D eigenvalue weighted by molar-refractivity contribution is 5.90. The Morgan fingerprint density at radius 3 is 2.06 bits per heavy atom. The van der Waals surface area contributed by atoms with Gasteiger partial charge in [0.1, 0.15) is 6.04 Å². The van der Waals surface area contributed by atoms with Gasteiger partial charge >= 0.3 is 5.97 Å². The Labute approximate surface area is 217 Å². The van der Waals surface area contributed by atoms with Crippen LogP contribution in [-0.2, 0) is 23.9 Å². The van der Waals surface area contributed by atoms with Crippen LogP contribution in [0.2, 0.25) is 0 Å². The molecule has 0 fully saturated rings. The molecule has 36 heavy (non-hydrogen) atoms. The third kappa shape index (κ3) is 11.8. The summed E-state index contributed by atoms with van der Waals surface area (Å²) >= 11 is 0. The highest BCUT2D eigenvalue weighted by Gasteiger charge is 2.33. The summed E-state index contributed by atoms with van der Waals surface area (Å²) in [6.07, 6.45) is 1.22. The molecule has 8 nitrogen and oxygen atoms in total. The lowest BCUT2D eigenvalue weighted by molar-refractivity contribution is -0.141. The lowest BCUT2D eigenvalue weighted by Gasteiger charge is -2.34. The van der Waals surface area contributed by atoms with Crippen LogP contribution in [0.15, 0.2) is 42.0 Å². The summed E-state index contributed by atoms with van der Waals surface area (Å²) in [4.78, 5) is 38.5. The summed E-state index contributed by atoms with van der Waals surface area (Å²) in [5, 5.41) is 5.46. The maximum Gasteiger partial charge on any atom is 0.333 e. The van der Waals surface area contributed by atoms with Gasteiger partial charge in [-0.3, -0.25) is 9.59 Å². The monoisotopic (exact) mass is 505 g/mol. The number of nitrogens with zero attached hydrogens (tertiary/aromatic N) is 1. The van der Waals surface area contributed by atoms with Crippen molar-refractivity contribution in [3.8, 4) is 0 Å². The number of nitrogens with one attached hydrogen (secondary N) is 2. The summed E-state index contributed by atoms with van der Waals surface area (Å²) in [6.45, 7) is 13.8. The molecule has 0 bridgehead atoms. The van der Waals surface area contributed by atoms with Gasteiger partial charge < -0.3 is 25.0 Å².